The largest absolute Gasteiger partial charge is 0.352 e. The lowest BCUT2D eigenvalue weighted by Crippen LogP contribution is -2.22. The fourth-order valence-electron chi connectivity index (χ4n) is 2.52. The van der Waals surface area contributed by atoms with Crippen LogP contribution in [0, 0.1) is 0 Å². The summed E-state index contributed by atoms with van der Waals surface area (Å²) in [6.45, 7) is 7.41. The maximum absolute atomic E-state index is 11.9. The molecule has 0 fully saturated rings. The summed E-state index contributed by atoms with van der Waals surface area (Å²) in [7, 11) is 0. The molecule has 122 valence electrons. The molecule has 0 aliphatic heterocycles. The maximum Gasteiger partial charge on any atom is 0.251 e. The second-order valence-electron chi connectivity index (χ2n) is 5.06. The van der Waals surface area contributed by atoms with Gasteiger partial charge < -0.3 is 9.88 Å². The van der Waals surface area contributed by atoms with Crippen molar-refractivity contribution in [2.45, 2.75) is 27.3 Å². The van der Waals surface area contributed by atoms with Gasteiger partial charge in [-0.05, 0) is 36.8 Å². The predicted molar refractivity (Wildman–Crippen MR) is 99.0 cm³/mol. The van der Waals surface area contributed by atoms with Crippen LogP contribution in [-0.2, 0) is 6.54 Å². The van der Waals surface area contributed by atoms with E-state index in [1.165, 1.54) is 5.56 Å². The molecule has 23 heavy (non-hydrogen) atoms. The Kier molecular flexibility index (Phi) is 5.98. The third kappa shape index (κ3) is 4.01. The number of benzene rings is 2. The molecule has 0 unspecified atom stereocenters. The van der Waals surface area contributed by atoms with Crippen LogP contribution < -0.4 is 5.32 Å². The van der Waals surface area contributed by atoms with Gasteiger partial charge in [0.05, 0.1) is 0 Å². The van der Waals surface area contributed by atoms with E-state index in [2.05, 4.69) is 34.3 Å². The van der Waals surface area contributed by atoms with E-state index in [9.17, 15) is 4.79 Å². The average molecular weight is 310 g/mol. The summed E-state index contributed by atoms with van der Waals surface area (Å²) in [6, 6.07) is 18.3. The van der Waals surface area contributed by atoms with Gasteiger partial charge in [0.2, 0.25) is 0 Å². The summed E-state index contributed by atoms with van der Waals surface area (Å²) >= 11 is 0. The first-order valence-corrected chi connectivity index (χ1v) is 8.19. The molecule has 0 atom stereocenters. The third-order valence-electron chi connectivity index (χ3n) is 3.57. The Hall–Kier alpha value is -2.55. The lowest BCUT2D eigenvalue weighted by Gasteiger charge is -2.07. The van der Waals surface area contributed by atoms with E-state index in [1.54, 1.807) is 0 Å². The van der Waals surface area contributed by atoms with Gasteiger partial charge in [-0.3, -0.25) is 4.79 Å². The molecule has 0 aliphatic rings. The molecule has 3 heteroatoms. The van der Waals surface area contributed by atoms with Gasteiger partial charge >= 0.3 is 0 Å². The number of aromatic nitrogens is 1. The lowest BCUT2D eigenvalue weighted by atomic mass is 10.1. The topological polar surface area (TPSA) is 34.0 Å². The highest BCUT2D eigenvalue weighted by molar-refractivity contribution is 5.98. The van der Waals surface area contributed by atoms with Crippen LogP contribution in [0.5, 0.6) is 0 Å². The first-order chi connectivity index (χ1) is 11.3. The van der Waals surface area contributed by atoms with E-state index < -0.39 is 0 Å². The Balaban J connectivity index is 0.000000925. The fourth-order valence-corrected chi connectivity index (χ4v) is 2.52. The Bertz CT molecular complexity index is 766. The Morgan fingerprint density at radius 2 is 1.83 bits per heavy atom. The van der Waals surface area contributed by atoms with Gasteiger partial charge in [-0.2, -0.15) is 0 Å². The van der Waals surface area contributed by atoms with E-state index in [4.69, 9.17) is 0 Å². The molecule has 0 radical (unpaired) electrons. The third-order valence-corrected chi connectivity index (χ3v) is 3.57. The Morgan fingerprint density at radius 1 is 1.09 bits per heavy atom. The molecule has 0 bridgehead atoms. The first kappa shape index (κ1) is 16.8. The zero-order valence-corrected chi connectivity index (χ0v) is 14.0. The second-order valence-corrected chi connectivity index (χ2v) is 5.06. The second kappa shape index (κ2) is 8.18. The minimum absolute atomic E-state index is 0. The summed E-state index contributed by atoms with van der Waals surface area (Å²) in [5, 5.41) is 3.92. The minimum atomic E-state index is -0.0183. The van der Waals surface area contributed by atoms with Gasteiger partial charge in [-0.1, -0.05) is 44.2 Å². The predicted octanol–water partition coefficient (Wildman–Crippen LogP) is 4.71. The molecule has 3 aromatic rings. The highest BCUT2D eigenvalue weighted by Crippen LogP contribution is 2.19. The Labute approximate surface area is 139 Å². The monoisotopic (exact) mass is 310 g/mol. The summed E-state index contributed by atoms with van der Waals surface area (Å²) in [4.78, 5) is 11.9. The van der Waals surface area contributed by atoms with Crippen molar-refractivity contribution in [3.05, 3.63) is 71.9 Å². The zero-order chi connectivity index (χ0) is 16.7. The smallest absolute Gasteiger partial charge is 0.251 e. The lowest BCUT2D eigenvalue weighted by molar-refractivity contribution is 0.0956. The number of fused-ring (bicyclic) bond motifs is 1. The summed E-state index contributed by atoms with van der Waals surface area (Å²) in [5.74, 6) is -0.0183. The molecular formula is C20H26N2O. The molecule has 0 saturated heterocycles. The van der Waals surface area contributed by atoms with Gasteiger partial charge in [-0.15, -0.1) is 0 Å². The molecule has 3 nitrogen and oxygen atoms in total. The van der Waals surface area contributed by atoms with Gasteiger partial charge in [0.25, 0.3) is 5.91 Å². The molecule has 3 rings (SSSR count). The number of rotatable bonds is 4. The molecular weight excluding hydrogens is 284 g/mol. The van der Waals surface area contributed by atoms with Crippen LogP contribution in [-0.4, -0.2) is 17.0 Å². The number of carbonyl (C=O) groups is 1. The van der Waals surface area contributed by atoms with Crippen LogP contribution in [0.4, 0.5) is 0 Å². The number of carbonyl (C=O) groups excluding carboxylic acids is 1. The van der Waals surface area contributed by atoms with E-state index in [0.29, 0.717) is 12.1 Å². The molecule has 2 aromatic carbocycles. The van der Waals surface area contributed by atoms with E-state index in [1.807, 2.05) is 57.2 Å². The standard InChI is InChI=1S/C18H18N2O.C2H6.H2/c1-2-19-18(21)16-8-9-17-15(12-16)10-11-20(17)13-14-6-4-3-5-7-14;1-2;/h3-12H,2,13H2,1H3,(H,19,21);1-2H3;1H. The van der Waals surface area contributed by atoms with Crippen LogP contribution in [0.15, 0.2) is 60.8 Å². The number of amides is 1. The quantitative estimate of drug-likeness (QED) is 0.744. The van der Waals surface area contributed by atoms with Crippen molar-refractivity contribution >= 4 is 16.8 Å². The molecule has 1 N–H and O–H groups in total. The van der Waals surface area contributed by atoms with Gasteiger partial charge in [-0.25, -0.2) is 0 Å². The average Bonchev–Trinajstić information content (AvgIpc) is 3.00. The van der Waals surface area contributed by atoms with E-state index >= 15 is 0 Å². The van der Waals surface area contributed by atoms with Crippen molar-refractivity contribution in [1.82, 2.24) is 9.88 Å². The minimum Gasteiger partial charge on any atom is -0.352 e. The van der Waals surface area contributed by atoms with E-state index in [0.717, 1.165) is 17.4 Å². The van der Waals surface area contributed by atoms with Crippen LogP contribution >= 0.6 is 0 Å². The molecule has 0 aliphatic carbocycles. The highest BCUT2D eigenvalue weighted by Gasteiger charge is 2.07. The van der Waals surface area contributed by atoms with Crippen molar-refractivity contribution in [3.8, 4) is 0 Å². The van der Waals surface area contributed by atoms with Crippen molar-refractivity contribution in [2.24, 2.45) is 0 Å². The van der Waals surface area contributed by atoms with Crippen LogP contribution in [0.2, 0.25) is 0 Å². The molecule has 1 amide bonds. The van der Waals surface area contributed by atoms with Gasteiger partial charge in [0.15, 0.2) is 0 Å². The SMILES string of the molecule is CC.CCNC(=O)c1ccc2c(ccn2Cc2ccccc2)c1.[HH]. The number of hydrogen-bond acceptors (Lipinski definition) is 1. The molecule has 1 heterocycles. The molecule has 0 spiro atoms. The number of hydrogen-bond donors (Lipinski definition) is 1. The number of nitrogens with one attached hydrogen (secondary N) is 1. The summed E-state index contributed by atoms with van der Waals surface area (Å²) < 4.78 is 2.20. The normalized spacial score (nSPS) is 10.0. The Morgan fingerprint density at radius 3 is 2.52 bits per heavy atom. The fraction of sp³-hybridized carbons (Fsp3) is 0.250. The van der Waals surface area contributed by atoms with Crippen molar-refractivity contribution in [2.75, 3.05) is 6.54 Å². The highest BCUT2D eigenvalue weighted by atomic mass is 16.1. The van der Waals surface area contributed by atoms with Crippen LogP contribution in [0.25, 0.3) is 10.9 Å². The zero-order valence-electron chi connectivity index (χ0n) is 14.0. The summed E-state index contributed by atoms with van der Waals surface area (Å²) in [5.41, 5.74) is 3.12. The number of nitrogens with zero attached hydrogens (tertiary/aromatic N) is 1. The van der Waals surface area contributed by atoms with Crippen molar-refractivity contribution < 1.29 is 6.22 Å². The van der Waals surface area contributed by atoms with Crippen LogP contribution in [0.3, 0.4) is 0 Å². The van der Waals surface area contributed by atoms with Gasteiger partial charge in [0, 0.05) is 37.2 Å². The summed E-state index contributed by atoms with van der Waals surface area (Å²) in [6.07, 6.45) is 2.07. The van der Waals surface area contributed by atoms with Crippen LogP contribution in [0.1, 0.15) is 38.1 Å². The van der Waals surface area contributed by atoms with Gasteiger partial charge in [0.1, 0.15) is 0 Å². The first-order valence-electron chi connectivity index (χ1n) is 8.19. The maximum atomic E-state index is 11.9. The van der Waals surface area contributed by atoms with Crippen molar-refractivity contribution in [3.63, 3.8) is 0 Å². The molecule has 0 saturated carbocycles. The van der Waals surface area contributed by atoms with Crippen molar-refractivity contribution in [1.29, 1.82) is 0 Å². The van der Waals surface area contributed by atoms with E-state index in [-0.39, 0.29) is 7.33 Å². The molecule has 1 aromatic heterocycles.